The number of ether oxygens (including phenoxy) is 1. The summed E-state index contributed by atoms with van der Waals surface area (Å²) in [6.45, 7) is 4.92. The van der Waals surface area contributed by atoms with Gasteiger partial charge < -0.3 is 10.1 Å². The Hall–Kier alpha value is -1.41. The first-order valence-electron chi connectivity index (χ1n) is 7.33. The summed E-state index contributed by atoms with van der Waals surface area (Å²) in [4.78, 5) is 29.8. The van der Waals surface area contributed by atoms with Crippen LogP contribution < -0.4 is 5.32 Å². The molecule has 2 amide bonds. The van der Waals surface area contributed by atoms with Gasteiger partial charge >= 0.3 is 6.09 Å². The number of halogens is 3. The van der Waals surface area contributed by atoms with Crippen LogP contribution in [0, 0.1) is 0 Å². The predicted molar refractivity (Wildman–Crippen MR) is 91.8 cm³/mol. The van der Waals surface area contributed by atoms with E-state index in [0.29, 0.717) is 4.60 Å². The monoisotopic (exact) mass is 421 g/mol. The summed E-state index contributed by atoms with van der Waals surface area (Å²) in [5.74, 6) is -0.420. The van der Waals surface area contributed by atoms with E-state index in [1.807, 2.05) is 0 Å². The van der Waals surface area contributed by atoms with Crippen molar-refractivity contribution in [2.45, 2.75) is 45.0 Å². The zero-order chi connectivity index (χ0) is 18.1. The fraction of sp³-hybridized carbons (Fsp3) is 0.533. The van der Waals surface area contributed by atoms with Crippen molar-refractivity contribution in [1.82, 2.24) is 9.88 Å². The summed E-state index contributed by atoms with van der Waals surface area (Å²) in [5.41, 5.74) is -0.734. The Kier molecular flexibility index (Phi) is 5.70. The molecule has 2 heterocycles. The highest BCUT2D eigenvalue weighted by molar-refractivity contribution is 9.10. The highest BCUT2D eigenvalue weighted by atomic mass is 79.9. The number of likely N-dealkylation sites (tertiary alicyclic amines) is 1. The number of nitrogens with zero attached hydrogens (tertiary/aromatic N) is 2. The molecular formula is C15H18BrClFN3O3. The molecule has 0 aromatic carbocycles. The number of rotatable bonds is 2. The highest BCUT2D eigenvalue weighted by Gasteiger charge is 2.42. The third-order valence-electron chi connectivity index (χ3n) is 3.23. The minimum atomic E-state index is -1.29. The van der Waals surface area contributed by atoms with E-state index < -0.39 is 29.8 Å². The molecule has 1 aliphatic rings. The van der Waals surface area contributed by atoms with Crippen LogP contribution in [0.3, 0.4) is 0 Å². The first kappa shape index (κ1) is 18.9. The van der Waals surface area contributed by atoms with E-state index in [9.17, 15) is 14.0 Å². The maximum Gasteiger partial charge on any atom is 0.411 e. The number of pyridine rings is 1. The zero-order valence-corrected chi connectivity index (χ0v) is 15.8. The lowest BCUT2D eigenvalue weighted by Crippen LogP contribution is -2.45. The second-order valence-electron chi connectivity index (χ2n) is 6.44. The molecule has 1 N–H and O–H groups in total. The molecule has 0 spiro atoms. The second-order valence-corrected chi connectivity index (χ2v) is 7.65. The topological polar surface area (TPSA) is 71.5 Å². The fourth-order valence-electron chi connectivity index (χ4n) is 2.26. The Labute approximate surface area is 152 Å². The van der Waals surface area contributed by atoms with Gasteiger partial charge in [0.2, 0.25) is 5.91 Å². The van der Waals surface area contributed by atoms with Gasteiger partial charge in [0.1, 0.15) is 22.4 Å². The lowest BCUT2D eigenvalue weighted by molar-refractivity contribution is -0.120. The average molecular weight is 423 g/mol. The van der Waals surface area contributed by atoms with Crippen molar-refractivity contribution >= 4 is 45.3 Å². The van der Waals surface area contributed by atoms with Gasteiger partial charge in [-0.05, 0) is 48.8 Å². The number of carbonyl (C=O) groups is 2. The number of hydrogen-bond donors (Lipinski definition) is 1. The summed E-state index contributed by atoms with van der Waals surface area (Å²) in [5, 5.41) is 2.77. The van der Waals surface area contributed by atoms with Gasteiger partial charge in [0.25, 0.3) is 0 Å². The zero-order valence-electron chi connectivity index (χ0n) is 13.5. The van der Waals surface area contributed by atoms with Crippen LogP contribution in [0.2, 0.25) is 5.02 Å². The minimum Gasteiger partial charge on any atom is -0.444 e. The van der Waals surface area contributed by atoms with E-state index in [0.717, 1.165) is 4.90 Å². The van der Waals surface area contributed by atoms with Crippen LogP contribution in [0.4, 0.5) is 15.0 Å². The number of hydrogen-bond acceptors (Lipinski definition) is 4. The van der Waals surface area contributed by atoms with E-state index in [1.54, 1.807) is 32.9 Å². The molecule has 1 aromatic rings. The van der Waals surface area contributed by atoms with Crippen molar-refractivity contribution in [2.75, 3.05) is 11.9 Å². The van der Waals surface area contributed by atoms with Crippen molar-refractivity contribution < 1.29 is 18.7 Å². The molecule has 0 bridgehead atoms. The molecule has 132 valence electrons. The molecule has 1 aromatic heterocycles. The summed E-state index contributed by atoms with van der Waals surface area (Å²) in [6.07, 6.45) is -2.12. The predicted octanol–water partition coefficient (Wildman–Crippen LogP) is 3.78. The first-order chi connectivity index (χ1) is 11.1. The van der Waals surface area contributed by atoms with Gasteiger partial charge in [0.15, 0.2) is 5.82 Å². The molecule has 0 unspecified atom stereocenters. The van der Waals surface area contributed by atoms with Crippen molar-refractivity contribution in [3.63, 3.8) is 0 Å². The van der Waals surface area contributed by atoms with Crippen molar-refractivity contribution in [3.8, 4) is 0 Å². The molecule has 2 rings (SSSR count). The van der Waals surface area contributed by atoms with Gasteiger partial charge in [-0.2, -0.15) is 0 Å². The first-order valence-corrected chi connectivity index (χ1v) is 8.50. The third kappa shape index (κ3) is 4.80. The van der Waals surface area contributed by atoms with Gasteiger partial charge in [-0.1, -0.05) is 11.6 Å². The molecule has 2 atom stereocenters. The van der Waals surface area contributed by atoms with Crippen LogP contribution in [0.1, 0.15) is 27.2 Å². The Bertz CT molecular complexity index is 653. The lowest BCUT2D eigenvalue weighted by Gasteiger charge is -2.27. The Morgan fingerprint density at radius 2 is 2.12 bits per heavy atom. The quantitative estimate of drug-likeness (QED) is 0.736. The molecule has 0 radical (unpaired) electrons. The van der Waals surface area contributed by atoms with E-state index >= 15 is 0 Å². The number of alkyl halides is 1. The van der Waals surface area contributed by atoms with E-state index in [4.69, 9.17) is 16.3 Å². The average Bonchev–Trinajstić information content (AvgIpc) is 2.83. The molecule has 9 heteroatoms. The molecule has 1 fully saturated rings. The third-order valence-corrected chi connectivity index (χ3v) is 3.98. The van der Waals surface area contributed by atoms with Gasteiger partial charge in [0, 0.05) is 6.42 Å². The van der Waals surface area contributed by atoms with Crippen LogP contribution in [0.5, 0.6) is 0 Å². The van der Waals surface area contributed by atoms with Gasteiger partial charge in [-0.3, -0.25) is 9.69 Å². The van der Waals surface area contributed by atoms with Gasteiger partial charge in [-0.15, -0.1) is 0 Å². The highest BCUT2D eigenvalue weighted by Crippen LogP contribution is 2.26. The van der Waals surface area contributed by atoms with Crippen LogP contribution in [0.25, 0.3) is 0 Å². The van der Waals surface area contributed by atoms with E-state index in [2.05, 4.69) is 26.2 Å². The SMILES string of the molecule is CC(C)(C)OC(=O)N1C[C@H](F)C[C@H]1C(=O)Nc1nc(Br)ccc1Cl. The molecule has 1 aliphatic heterocycles. The summed E-state index contributed by atoms with van der Waals surface area (Å²) < 4.78 is 19.5. The van der Waals surface area contributed by atoms with Gasteiger partial charge in [-0.25, -0.2) is 14.2 Å². The molecule has 1 saturated heterocycles. The Morgan fingerprint density at radius 3 is 2.75 bits per heavy atom. The minimum absolute atomic E-state index is 0.100. The molecule has 0 aliphatic carbocycles. The maximum absolute atomic E-state index is 13.8. The van der Waals surface area contributed by atoms with E-state index in [1.165, 1.54) is 0 Å². The van der Waals surface area contributed by atoms with Crippen molar-refractivity contribution in [1.29, 1.82) is 0 Å². The number of nitrogens with one attached hydrogen (secondary N) is 1. The van der Waals surface area contributed by atoms with Crippen molar-refractivity contribution in [3.05, 3.63) is 21.8 Å². The summed E-state index contributed by atoms with van der Waals surface area (Å²) >= 11 is 9.17. The standard InChI is InChI=1S/C15H18BrClFN3O3/c1-15(2,3)24-14(23)21-7-8(18)6-10(21)13(22)20-12-9(17)4-5-11(16)19-12/h4-5,8,10H,6-7H2,1-3H3,(H,19,20,22)/t8-,10+/m1/s1. The lowest BCUT2D eigenvalue weighted by atomic mass is 10.2. The van der Waals surface area contributed by atoms with Crippen LogP contribution >= 0.6 is 27.5 Å². The largest absolute Gasteiger partial charge is 0.444 e. The Morgan fingerprint density at radius 1 is 1.46 bits per heavy atom. The van der Waals surface area contributed by atoms with Crippen molar-refractivity contribution in [2.24, 2.45) is 0 Å². The maximum atomic E-state index is 13.8. The van der Waals surface area contributed by atoms with Crippen LogP contribution in [-0.2, 0) is 9.53 Å². The number of carbonyl (C=O) groups excluding carboxylic acids is 2. The molecular weight excluding hydrogens is 405 g/mol. The second kappa shape index (κ2) is 7.23. The summed E-state index contributed by atoms with van der Waals surface area (Å²) in [6, 6.07) is 2.21. The molecule has 0 saturated carbocycles. The van der Waals surface area contributed by atoms with Crippen LogP contribution in [-0.4, -0.2) is 46.2 Å². The fourth-order valence-corrected chi connectivity index (χ4v) is 2.72. The normalized spacial score (nSPS) is 20.8. The van der Waals surface area contributed by atoms with E-state index in [-0.39, 0.29) is 23.8 Å². The molecule has 6 nitrogen and oxygen atoms in total. The molecule has 24 heavy (non-hydrogen) atoms. The number of aromatic nitrogens is 1. The smallest absolute Gasteiger partial charge is 0.411 e. The number of anilines is 1. The van der Waals surface area contributed by atoms with Crippen LogP contribution in [0.15, 0.2) is 16.7 Å². The number of amides is 2. The Balaban J connectivity index is 2.14. The van der Waals surface area contributed by atoms with Gasteiger partial charge in [0.05, 0.1) is 11.6 Å². The summed E-state index contributed by atoms with van der Waals surface area (Å²) in [7, 11) is 0.